The molecule has 0 aliphatic heterocycles. The molecule has 1 amide bonds. The van der Waals surface area contributed by atoms with Crippen LogP contribution < -0.4 is 5.32 Å². The van der Waals surface area contributed by atoms with E-state index in [1.54, 1.807) is 39.8 Å². The minimum atomic E-state index is -4.28. The van der Waals surface area contributed by atoms with Crippen LogP contribution in [0.2, 0.25) is 0 Å². The SMILES string of the molecule is CCCC.Cc1ccc(S(=O)(=O)OC2CC(NC(=O)OC(C)(C)C)(C(=O)O)C3C(C(=O)O)C23)cc1. The van der Waals surface area contributed by atoms with E-state index in [0.29, 0.717) is 0 Å². The van der Waals surface area contributed by atoms with Gasteiger partial charge in [0.2, 0.25) is 0 Å². The lowest BCUT2D eigenvalue weighted by Crippen LogP contribution is -2.57. The third-order valence-corrected chi connectivity index (χ3v) is 7.40. The second-order valence-electron chi connectivity index (χ2n) is 9.98. The van der Waals surface area contributed by atoms with Crippen molar-refractivity contribution in [2.75, 3.05) is 0 Å². The summed E-state index contributed by atoms with van der Waals surface area (Å²) >= 11 is 0. The third kappa shape index (κ3) is 6.52. The lowest BCUT2D eigenvalue weighted by atomic mass is 9.89. The van der Waals surface area contributed by atoms with Gasteiger partial charge in [0.05, 0.1) is 16.9 Å². The number of carboxylic acids is 2. The van der Waals surface area contributed by atoms with Crippen LogP contribution in [0, 0.1) is 24.7 Å². The molecule has 2 saturated carbocycles. The second-order valence-corrected chi connectivity index (χ2v) is 11.5. The monoisotopic (exact) mass is 513 g/mol. The van der Waals surface area contributed by atoms with Crippen LogP contribution in [0.5, 0.6) is 0 Å². The topological polar surface area (TPSA) is 156 Å². The minimum Gasteiger partial charge on any atom is -0.481 e. The summed E-state index contributed by atoms with van der Waals surface area (Å²) in [7, 11) is -4.28. The number of aliphatic carboxylic acids is 2. The lowest BCUT2D eigenvalue weighted by Gasteiger charge is -2.31. The van der Waals surface area contributed by atoms with E-state index >= 15 is 0 Å². The lowest BCUT2D eigenvalue weighted by molar-refractivity contribution is -0.147. The maximum absolute atomic E-state index is 12.7. The Bertz CT molecular complexity index is 1040. The summed E-state index contributed by atoms with van der Waals surface area (Å²) in [5.41, 5.74) is -2.11. The molecule has 0 radical (unpaired) electrons. The highest BCUT2D eigenvalue weighted by Gasteiger charge is 2.77. The molecular weight excluding hydrogens is 478 g/mol. The van der Waals surface area contributed by atoms with Gasteiger partial charge in [-0.15, -0.1) is 0 Å². The number of alkyl carbamates (subject to hydrolysis) is 1. The number of aryl methyl sites for hydroxylation is 1. The van der Waals surface area contributed by atoms with Crippen molar-refractivity contribution in [2.24, 2.45) is 17.8 Å². The fraction of sp³-hybridized carbons (Fsp3) is 0.625. The van der Waals surface area contributed by atoms with Crippen molar-refractivity contribution in [2.45, 2.75) is 82.9 Å². The van der Waals surface area contributed by atoms with Crippen LogP contribution in [0.15, 0.2) is 29.2 Å². The molecule has 2 aliphatic carbocycles. The molecule has 2 fully saturated rings. The predicted octanol–water partition coefficient (Wildman–Crippen LogP) is 3.57. The van der Waals surface area contributed by atoms with Gasteiger partial charge in [0.25, 0.3) is 10.1 Å². The number of hydrogen-bond acceptors (Lipinski definition) is 7. The first-order valence-corrected chi connectivity index (χ1v) is 13.0. The number of hydrogen-bond donors (Lipinski definition) is 3. The largest absolute Gasteiger partial charge is 0.481 e. The molecule has 196 valence electrons. The van der Waals surface area contributed by atoms with E-state index in [1.807, 2.05) is 0 Å². The van der Waals surface area contributed by atoms with Crippen LogP contribution in [0.4, 0.5) is 4.79 Å². The summed E-state index contributed by atoms with van der Waals surface area (Å²) in [5, 5.41) is 21.7. The summed E-state index contributed by atoms with van der Waals surface area (Å²) in [6.45, 7) is 10.9. The fourth-order valence-electron chi connectivity index (χ4n) is 4.26. The first kappa shape index (κ1) is 28.6. The van der Waals surface area contributed by atoms with Crippen molar-refractivity contribution in [3.05, 3.63) is 29.8 Å². The van der Waals surface area contributed by atoms with Crippen molar-refractivity contribution in [3.63, 3.8) is 0 Å². The number of carbonyl (C=O) groups excluding carboxylic acids is 1. The fourth-order valence-corrected chi connectivity index (χ4v) is 5.37. The van der Waals surface area contributed by atoms with Crippen molar-refractivity contribution < 1.29 is 41.9 Å². The summed E-state index contributed by atoms with van der Waals surface area (Å²) in [6.07, 6.45) is -0.0404. The number of fused-ring (bicyclic) bond motifs is 1. The number of ether oxygens (including phenoxy) is 1. The molecule has 1 aromatic rings. The third-order valence-electron chi connectivity index (χ3n) is 6.05. The summed E-state index contributed by atoms with van der Waals surface area (Å²) < 4.78 is 35.8. The van der Waals surface area contributed by atoms with Crippen molar-refractivity contribution >= 4 is 28.1 Å². The molecule has 0 aromatic heterocycles. The number of unbranched alkanes of at least 4 members (excludes halogenated alkanes) is 1. The minimum absolute atomic E-state index is 0.130. The van der Waals surface area contributed by atoms with Crippen LogP contribution >= 0.6 is 0 Å². The first-order valence-electron chi connectivity index (χ1n) is 11.6. The summed E-state index contributed by atoms with van der Waals surface area (Å²) in [4.78, 5) is 36.0. The molecule has 3 rings (SSSR count). The van der Waals surface area contributed by atoms with Crippen LogP contribution in [-0.4, -0.2) is 53.9 Å². The molecule has 1 aromatic carbocycles. The van der Waals surface area contributed by atoms with Gasteiger partial charge >= 0.3 is 18.0 Å². The zero-order valence-corrected chi connectivity index (χ0v) is 21.7. The first-order chi connectivity index (χ1) is 16.1. The normalized spacial score (nSPS) is 27.1. The molecule has 0 heterocycles. The highest BCUT2D eigenvalue weighted by molar-refractivity contribution is 7.86. The highest BCUT2D eigenvalue weighted by Crippen LogP contribution is 2.63. The molecule has 5 atom stereocenters. The van der Waals surface area contributed by atoms with Crippen LogP contribution in [-0.2, 0) is 28.6 Å². The van der Waals surface area contributed by atoms with E-state index in [0.717, 1.165) is 5.56 Å². The average Bonchev–Trinajstić information content (AvgIpc) is 3.41. The molecule has 0 saturated heterocycles. The predicted molar refractivity (Wildman–Crippen MR) is 126 cm³/mol. The van der Waals surface area contributed by atoms with Crippen molar-refractivity contribution in [3.8, 4) is 0 Å². The summed E-state index contributed by atoms with van der Waals surface area (Å²) in [5.74, 6) is -5.85. The molecule has 0 bridgehead atoms. The van der Waals surface area contributed by atoms with Crippen molar-refractivity contribution in [1.29, 1.82) is 0 Å². The zero-order chi connectivity index (χ0) is 26.8. The van der Waals surface area contributed by atoms with Gasteiger partial charge < -0.3 is 20.3 Å². The Hall–Kier alpha value is -2.66. The van der Waals surface area contributed by atoms with E-state index < -0.39 is 69.6 Å². The van der Waals surface area contributed by atoms with E-state index in [4.69, 9.17) is 8.92 Å². The van der Waals surface area contributed by atoms with Crippen LogP contribution in [0.1, 0.15) is 59.4 Å². The quantitative estimate of drug-likeness (QED) is 0.464. The molecule has 10 nitrogen and oxygen atoms in total. The van der Waals surface area contributed by atoms with Gasteiger partial charge in [-0.25, -0.2) is 9.59 Å². The summed E-state index contributed by atoms with van der Waals surface area (Å²) in [6, 6.07) is 5.86. The molecule has 0 spiro atoms. The number of carbonyl (C=O) groups is 3. The Labute approximate surface area is 206 Å². The number of nitrogens with one attached hydrogen (secondary N) is 1. The van der Waals surface area contributed by atoms with E-state index in [9.17, 15) is 33.0 Å². The average molecular weight is 514 g/mol. The number of carboxylic acid groups (broad SMARTS) is 2. The molecular formula is C24H35NO9S. The molecule has 11 heteroatoms. The van der Waals surface area contributed by atoms with Gasteiger partial charge in [-0.3, -0.25) is 8.98 Å². The van der Waals surface area contributed by atoms with E-state index in [1.165, 1.54) is 25.0 Å². The van der Waals surface area contributed by atoms with Crippen molar-refractivity contribution in [1.82, 2.24) is 5.32 Å². The van der Waals surface area contributed by atoms with Gasteiger partial charge in [-0.2, -0.15) is 8.42 Å². The van der Waals surface area contributed by atoms with Crippen LogP contribution in [0.3, 0.4) is 0 Å². The van der Waals surface area contributed by atoms with Gasteiger partial charge in [0, 0.05) is 18.3 Å². The van der Waals surface area contributed by atoms with E-state index in [2.05, 4.69) is 19.2 Å². The Balaban J connectivity index is 0.00000100. The number of rotatable bonds is 7. The smallest absolute Gasteiger partial charge is 0.408 e. The molecule has 5 unspecified atom stereocenters. The Morgan fingerprint density at radius 2 is 1.63 bits per heavy atom. The number of benzene rings is 1. The Morgan fingerprint density at radius 3 is 2.06 bits per heavy atom. The standard InChI is InChI=1S/C20H25NO9S.C4H10/c1-10-5-7-11(8-6-10)31(27,28)30-12-9-20(17(24)25,15-13(12)14(15)16(22)23)21-18(26)29-19(2,3)4;1-3-4-2/h5-8,12-15H,9H2,1-4H3,(H,21,26)(H,22,23)(H,24,25);3-4H2,1-2H3. The number of amides is 1. The van der Waals surface area contributed by atoms with Gasteiger partial charge in [0.1, 0.15) is 11.1 Å². The molecule has 3 N–H and O–H groups in total. The van der Waals surface area contributed by atoms with Gasteiger partial charge in [0.15, 0.2) is 0 Å². The molecule has 2 aliphatic rings. The van der Waals surface area contributed by atoms with Crippen LogP contribution in [0.25, 0.3) is 0 Å². The highest BCUT2D eigenvalue weighted by atomic mass is 32.2. The van der Waals surface area contributed by atoms with E-state index in [-0.39, 0.29) is 4.90 Å². The second kappa shape index (κ2) is 10.5. The van der Waals surface area contributed by atoms with Gasteiger partial charge in [-0.05, 0) is 39.8 Å². The molecule has 35 heavy (non-hydrogen) atoms. The maximum Gasteiger partial charge on any atom is 0.408 e. The Kier molecular flexibility index (Phi) is 8.60. The van der Waals surface area contributed by atoms with Gasteiger partial charge in [-0.1, -0.05) is 44.4 Å². The Morgan fingerprint density at radius 1 is 1.09 bits per heavy atom. The maximum atomic E-state index is 12.7. The zero-order valence-electron chi connectivity index (χ0n) is 20.9.